The van der Waals surface area contributed by atoms with Crippen molar-refractivity contribution in [2.24, 2.45) is 5.92 Å². The quantitative estimate of drug-likeness (QED) is 0.565. The van der Waals surface area contributed by atoms with Gasteiger partial charge in [-0.2, -0.15) is 0 Å². The summed E-state index contributed by atoms with van der Waals surface area (Å²) >= 11 is 0. The van der Waals surface area contributed by atoms with Crippen LogP contribution in [0, 0.1) is 5.92 Å². The van der Waals surface area contributed by atoms with Crippen LogP contribution >= 0.6 is 0 Å². The van der Waals surface area contributed by atoms with Crippen molar-refractivity contribution < 1.29 is 24.2 Å². The number of rotatable bonds is 12. The van der Waals surface area contributed by atoms with Gasteiger partial charge in [0.05, 0.1) is 6.61 Å². The molecule has 6 heteroatoms. The zero-order valence-electron chi connectivity index (χ0n) is 15.3. The normalized spacial score (nSPS) is 11.8. The van der Waals surface area contributed by atoms with E-state index in [1.807, 2.05) is 13.8 Å². The Labute approximate surface area is 149 Å². The van der Waals surface area contributed by atoms with Gasteiger partial charge >= 0.3 is 5.97 Å². The highest BCUT2D eigenvalue weighted by molar-refractivity contribution is 5.84. The Hall–Kier alpha value is -2.24. The number of unbranched alkanes of at least 4 members (excludes halogenated alkanes) is 2. The first-order valence-electron chi connectivity index (χ1n) is 8.80. The largest absolute Gasteiger partial charge is 0.494 e. The van der Waals surface area contributed by atoms with Gasteiger partial charge in [0.15, 0.2) is 6.61 Å². The lowest BCUT2D eigenvalue weighted by Crippen LogP contribution is -2.43. The Bertz CT molecular complexity index is 527. The summed E-state index contributed by atoms with van der Waals surface area (Å²) in [7, 11) is 0. The summed E-state index contributed by atoms with van der Waals surface area (Å²) in [5.41, 5.74) is 0. The van der Waals surface area contributed by atoms with Crippen LogP contribution in [0.3, 0.4) is 0 Å². The lowest BCUT2D eigenvalue weighted by atomic mass is 10.0. The van der Waals surface area contributed by atoms with E-state index < -0.39 is 17.9 Å². The Morgan fingerprint density at radius 1 is 1.08 bits per heavy atom. The van der Waals surface area contributed by atoms with Crippen LogP contribution in [-0.2, 0) is 9.59 Å². The van der Waals surface area contributed by atoms with Crippen LogP contribution in [0.1, 0.15) is 46.5 Å². The van der Waals surface area contributed by atoms with Gasteiger partial charge in [0.1, 0.15) is 17.5 Å². The molecule has 140 valence electrons. The second kappa shape index (κ2) is 11.3. The molecule has 0 aliphatic heterocycles. The topological polar surface area (TPSA) is 84.9 Å². The van der Waals surface area contributed by atoms with E-state index >= 15 is 0 Å². The number of benzene rings is 1. The molecule has 6 nitrogen and oxygen atoms in total. The van der Waals surface area contributed by atoms with Crippen molar-refractivity contribution >= 4 is 11.9 Å². The number of ether oxygens (including phenoxy) is 2. The van der Waals surface area contributed by atoms with Gasteiger partial charge in [0.2, 0.25) is 0 Å². The Kier molecular flexibility index (Phi) is 9.43. The molecule has 2 N–H and O–H groups in total. The van der Waals surface area contributed by atoms with Crippen LogP contribution in [0.2, 0.25) is 0 Å². The van der Waals surface area contributed by atoms with E-state index in [-0.39, 0.29) is 12.5 Å². The number of hydrogen-bond acceptors (Lipinski definition) is 4. The van der Waals surface area contributed by atoms with Crippen LogP contribution in [-0.4, -0.2) is 36.2 Å². The first kappa shape index (κ1) is 20.8. The van der Waals surface area contributed by atoms with Gasteiger partial charge < -0.3 is 19.9 Å². The molecule has 25 heavy (non-hydrogen) atoms. The Morgan fingerprint density at radius 2 is 1.68 bits per heavy atom. The lowest BCUT2D eigenvalue weighted by molar-refractivity contribution is -0.142. The van der Waals surface area contributed by atoms with Crippen molar-refractivity contribution in [3.05, 3.63) is 24.3 Å². The Balaban J connectivity index is 2.38. The molecular formula is C19H29NO5. The molecule has 0 heterocycles. The highest BCUT2D eigenvalue weighted by atomic mass is 16.5. The van der Waals surface area contributed by atoms with Gasteiger partial charge in [-0.15, -0.1) is 0 Å². The molecule has 1 aromatic rings. The fourth-order valence-corrected chi connectivity index (χ4v) is 2.25. The second-order valence-corrected chi connectivity index (χ2v) is 6.40. The molecule has 0 aromatic heterocycles. The molecule has 0 aliphatic rings. The SMILES string of the molecule is CCCCCOc1ccc(OCC(=O)NC(CC(C)C)C(=O)O)cc1. The van der Waals surface area contributed by atoms with Crippen molar-refractivity contribution in [3.63, 3.8) is 0 Å². The number of amides is 1. The minimum atomic E-state index is -1.04. The van der Waals surface area contributed by atoms with Crippen LogP contribution in [0.5, 0.6) is 11.5 Å². The number of carboxylic acids is 1. The maximum atomic E-state index is 11.9. The van der Waals surface area contributed by atoms with E-state index in [0.29, 0.717) is 18.8 Å². The summed E-state index contributed by atoms with van der Waals surface area (Å²) in [5, 5.41) is 11.6. The second-order valence-electron chi connectivity index (χ2n) is 6.40. The standard InChI is InChI=1S/C19H29NO5/c1-4-5-6-11-24-15-7-9-16(10-8-15)25-13-18(21)20-17(19(22)23)12-14(2)3/h7-10,14,17H,4-6,11-13H2,1-3H3,(H,20,21)(H,22,23). The van der Waals surface area contributed by atoms with Gasteiger partial charge in [-0.1, -0.05) is 33.6 Å². The molecule has 0 saturated heterocycles. The summed E-state index contributed by atoms with van der Waals surface area (Å²) < 4.78 is 11.0. The molecule has 0 fully saturated rings. The average Bonchev–Trinajstić information content (AvgIpc) is 2.57. The third-order valence-corrected chi connectivity index (χ3v) is 3.55. The molecule has 1 unspecified atom stereocenters. The molecule has 0 radical (unpaired) electrons. The fraction of sp³-hybridized carbons (Fsp3) is 0.579. The first-order chi connectivity index (χ1) is 11.9. The summed E-state index contributed by atoms with van der Waals surface area (Å²) in [6.45, 7) is 6.42. The highest BCUT2D eigenvalue weighted by Gasteiger charge is 2.21. The molecule has 0 bridgehead atoms. The summed E-state index contributed by atoms with van der Waals surface area (Å²) in [5.74, 6) is -0.0191. The molecule has 1 atom stereocenters. The van der Waals surface area contributed by atoms with Gasteiger partial charge in [-0.05, 0) is 43.0 Å². The van der Waals surface area contributed by atoms with Crippen molar-refractivity contribution in [3.8, 4) is 11.5 Å². The summed E-state index contributed by atoms with van der Waals surface area (Å²) in [6, 6.07) is 6.14. The predicted octanol–water partition coefficient (Wildman–Crippen LogP) is 3.25. The monoisotopic (exact) mass is 351 g/mol. The maximum absolute atomic E-state index is 11.9. The zero-order valence-corrected chi connectivity index (χ0v) is 15.3. The molecular weight excluding hydrogens is 322 g/mol. The molecule has 0 saturated carbocycles. The number of nitrogens with one attached hydrogen (secondary N) is 1. The molecule has 1 aromatic carbocycles. The van der Waals surface area contributed by atoms with Crippen LogP contribution in [0.25, 0.3) is 0 Å². The predicted molar refractivity (Wildman–Crippen MR) is 96.0 cm³/mol. The van der Waals surface area contributed by atoms with Crippen LogP contribution in [0.4, 0.5) is 0 Å². The summed E-state index contributed by atoms with van der Waals surface area (Å²) in [6.07, 6.45) is 3.70. The van der Waals surface area contributed by atoms with Gasteiger partial charge in [0, 0.05) is 0 Å². The van der Waals surface area contributed by atoms with E-state index in [1.54, 1.807) is 24.3 Å². The van der Waals surface area contributed by atoms with Crippen molar-refractivity contribution in [2.45, 2.75) is 52.5 Å². The first-order valence-corrected chi connectivity index (χ1v) is 8.80. The van der Waals surface area contributed by atoms with E-state index in [2.05, 4.69) is 12.2 Å². The third kappa shape index (κ3) is 8.98. The lowest BCUT2D eigenvalue weighted by Gasteiger charge is -2.16. The number of hydrogen-bond donors (Lipinski definition) is 2. The van der Waals surface area contributed by atoms with Crippen LogP contribution in [0.15, 0.2) is 24.3 Å². The molecule has 1 amide bonds. The van der Waals surface area contributed by atoms with Gasteiger partial charge in [-0.25, -0.2) is 4.79 Å². The minimum absolute atomic E-state index is 0.173. The Morgan fingerprint density at radius 3 is 2.20 bits per heavy atom. The molecule has 0 aliphatic carbocycles. The fourth-order valence-electron chi connectivity index (χ4n) is 2.25. The van der Waals surface area contributed by atoms with Crippen molar-refractivity contribution in [1.29, 1.82) is 0 Å². The van der Waals surface area contributed by atoms with E-state index in [9.17, 15) is 9.59 Å². The van der Waals surface area contributed by atoms with E-state index in [0.717, 1.165) is 25.0 Å². The maximum Gasteiger partial charge on any atom is 0.326 e. The average molecular weight is 351 g/mol. The third-order valence-electron chi connectivity index (χ3n) is 3.55. The van der Waals surface area contributed by atoms with Crippen molar-refractivity contribution in [2.75, 3.05) is 13.2 Å². The molecule has 0 spiro atoms. The van der Waals surface area contributed by atoms with Gasteiger partial charge in [-0.3, -0.25) is 4.79 Å². The molecule has 1 rings (SSSR count). The number of aliphatic carboxylic acids is 1. The van der Waals surface area contributed by atoms with E-state index in [1.165, 1.54) is 0 Å². The van der Waals surface area contributed by atoms with Crippen molar-refractivity contribution in [1.82, 2.24) is 5.32 Å². The zero-order chi connectivity index (χ0) is 18.7. The number of carboxylic acid groups (broad SMARTS) is 1. The minimum Gasteiger partial charge on any atom is -0.494 e. The smallest absolute Gasteiger partial charge is 0.326 e. The van der Waals surface area contributed by atoms with E-state index in [4.69, 9.17) is 14.6 Å². The highest BCUT2D eigenvalue weighted by Crippen LogP contribution is 2.18. The van der Waals surface area contributed by atoms with Gasteiger partial charge in [0.25, 0.3) is 5.91 Å². The summed E-state index contributed by atoms with van der Waals surface area (Å²) in [4.78, 5) is 23.0. The number of carbonyl (C=O) groups is 2. The number of carbonyl (C=O) groups excluding carboxylic acids is 1. The van der Waals surface area contributed by atoms with Crippen LogP contribution < -0.4 is 14.8 Å².